The zero-order valence-corrected chi connectivity index (χ0v) is 14.1. The zero-order valence-electron chi connectivity index (χ0n) is 13.3. The lowest BCUT2D eigenvalue weighted by Crippen LogP contribution is -2.44. The molecule has 0 saturated carbocycles. The summed E-state index contributed by atoms with van der Waals surface area (Å²) in [5.41, 5.74) is -0.618. The number of carbonyl (C=O) groups is 2. The van der Waals surface area contributed by atoms with Crippen LogP contribution in [0.4, 0.5) is 4.79 Å². The molecule has 0 unspecified atom stereocenters. The number of carbonyl (C=O) groups excluding carboxylic acids is 2. The van der Waals surface area contributed by atoms with E-state index in [1.807, 2.05) is 18.2 Å². The number of ether oxygens (including phenoxy) is 2. The van der Waals surface area contributed by atoms with Crippen molar-refractivity contribution in [2.75, 3.05) is 12.9 Å². The Hall–Kier alpha value is -1.76. The van der Waals surface area contributed by atoms with Gasteiger partial charge < -0.3 is 14.8 Å². The molecule has 1 atom stereocenters. The van der Waals surface area contributed by atoms with Crippen molar-refractivity contribution in [2.45, 2.75) is 43.9 Å². The molecule has 0 radical (unpaired) electrons. The van der Waals surface area contributed by atoms with E-state index in [9.17, 15) is 9.59 Å². The lowest BCUT2D eigenvalue weighted by Gasteiger charge is -2.22. The molecule has 1 N–H and O–H groups in total. The van der Waals surface area contributed by atoms with Gasteiger partial charge in [0.25, 0.3) is 0 Å². The normalized spacial score (nSPS) is 12.4. The summed E-state index contributed by atoms with van der Waals surface area (Å²) in [5.74, 6) is 0.125. The minimum atomic E-state index is -0.740. The van der Waals surface area contributed by atoms with Crippen molar-refractivity contribution in [3.8, 4) is 0 Å². The van der Waals surface area contributed by atoms with E-state index in [1.165, 1.54) is 18.9 Å². The number of thioether (sulfide) groups is 1. The van der Waals surface area contributed by atoms with Gasteiger partial charge in [0, 0.05) is 11.9 Å². The molecule has 1 aromatic rings. The van der Waals surface area contributed by atoms with Gasteiger partial charge in [-0.1, -0.05) is 6.07 Å². The molecule has 0 aliphatic heterocycles. The van der Waals surface area contributed by atoms with Gasteiger partial charge in [-0.3, -0.25) is 0 Å². The molecule has 1 amide bonds. The first-order valence-corrected chi connectivity index (χ1v) is 7.91. The number of nitrogens with zero attached hydrogens (tertiary/aromatic N) is 1. The minimum Gasteiger partial charge on any atom is -0.467 e. The standard InChI is InChI=1S/C15H22N2O4S/c1-15(2,3)21-14(19)17-11(13(18)20-4)8-10-22-12-7-5-6-9-16-12/h5-7,9,11H,8,10H2,1-4H3,(H,17,19)/t11-/m0/s1. The van der Waals surface area contributed by atoms with Gasteiger partial charge in [-0.2, -0.15) is 0 Å². The molecule has 0 aliphatic rings. The average Bonchev–Trinajstić information content (AvgIpc) is 2.44. The third-order valence-electron chi connectivity index (χ3n) is 2.47. The van der Waals surface area contributed by atoms with Crippen LogP contribution < -0.4 is 5.32 Å². The number of alkyl carbamates (subject to hydrolysis) is 1. The van der Waals surface area contributed by atoms with Crippen molar-refractivity contribution in [1.82, 2.24) is 10.3 Å². The van der Waals surface area contributed by atoms with Crippen LogP contribution in [0.3, 0.4) is 0 Å². The maximum Gasteiger partial charge on any atom is 0.408 e. The van der Waals surface area contributed by atoms with Crippen molar-refractivity contribution < 1.29 is 19.1 Å². The number of esters is 1. The molecule has 0 aliphatic carbocycles. The number of rotatable bonds is 6. The van der Waals surface area contributed by atoms with Crippen LogP contribution in [-0.2, 0) is 14.3 Å². The van der Waals surface area contributed by atoms with Gasteiger partial charge in [-0.05, 0) is 39.3 Å². The van der Waals surface area contributed by atoms with Crippen molar-refractivity contribution >= 4 is 23.8 Å². The molecule has 0 aromatic carbocycles. The maximum atomic E-state index is 11.8. The smallest absolute Gasteiger partial charge is 0.408 e. The van der Waals surface area contributed by atoms with Gasteiger partial charge in [-0.15, -0.1) is 11.8 Å². The second-order valence-electron chi connectivity index (χ2n) is 5.53. The van der Waals surface area contributed by atoms with E-state index in [-0.39, 0.29) is 0 Å². The van der Waals surface area contributed by atoms with Crippen LogP contribution >= 0.6 is 11.8 Å². The van der Waals surface area contributed by atoms with E-state index in [2.05, 4.69) is 10.3 Å². The summed E-state index contributed by atoms with van der Waals surface area (Å²) < 4.78 is 9.86. The summed E-state index contributed by atoms with van der Waals surface area (Å²) in [6.45, 7) is 5.28. The fourth-order valence-electron chi connectivity index (χ4n) is 1.55. The fourth-order valence-corrected chi connectivity index (χ4v) is 2.43. The lowest BCUT2D eigenvalue weighted by molar-refractivity contribution is -0.143. The Labute approximate surface area is 135 Å². The number of aromatic nitrogens is 1. The summed E-state index contributed by atoms with van der Waals surface area (Å²) in [7, 11) is 1.29. The van der Waals surface area contributed by atoms with Gasteiger partial charge in [0.05, 0.1) is 12.1 Å². The quantitative estimate of drug-likeness (QED) is 0.639. The minimum absolute atomic E-state index is 0.424. The van der Waals surface area contributed by atoms with Gasteiger partial charge in [0.15, 0.2) is 0 Å². The number of methoxy groups -OCH3 is 1. The number of pyridine rings is 1. The molecule has 0 bridgehead atoms. The summed E-state index contributed by atoms with van der Waals surface area (Å²) in [6.07, 6.45) is 1.50. The first kappa shape index (κ1) is 18.3. The largest absolute Gasteiger partial charge is 0.467 e. The van der Waals surface area contributed by atoms with E-state index < -0.39 is 23.7 Å². The number of hydrogen-bond acceptors (Lipinski definition) is 6. The second kappa shape index (κ2) is 8.63. The van der Waals surface area contributed by atoms with E-state index in [0.717, 1.165) is 5.03 Å². The Kier molecular flexibility index (Phi) is 7.17. The fraction of sp³-hybridized carbons (Fsp3) is 0.533. The van der Waals surface area contributed by atoms with Crippen LogP contribution in [0.5, 0.6) is 0 Å². The van der Waals surface area contributed by atoms with Crippen molar-refractivity contribution in [1.29, 1.82) is 0 Å². The van der Waals surface area contributed by atoms with E-state index >= 15 is 0 Å². The molecular formula is C15H22N2O4S. The molecule has 122 valence electrons. The van der Waals surface area contributed by atoms with Crippen molar-refractivity contribution in [3.05, 3.63) is 24.4 Å². The topological polar surface area (TPSA) is 77.5 Å². The van der Waals surface area contributed by atoms with Crippen LogP contribution in [-0.4, -0.2) is 41.6 Å². The molecule has 0 fully saturated rings. The molecule has 6 nitrogen and oxygen atoms in total. The number of amides is 1. The van der Waals surface area contributed by atoms with Gasteiger partial charge >= 0.3 is 12.1 Å². The van der Waals surface area contributed by atoms with Gasteiger partial charge in [0.2, 0.25) is 0 Å². The lowest BCUT2D eigenvalue weighted by atomic mass is 10.2. The number of nitrogens with one attached hydrogen (secondary N) is 1. The Morgan fingerprint density at radius 1 is 1.36 bits per heavy atom. The summed E-state index contributed by atoms with van der Waals surface area (Å²) in [6, 6.07) is 4.88. The van der Waals surface area contributed by atoms with Crippen LogP contribution in [0.2, 0.25) is 0 Å². The summed E-state index contributed by atoms with van der Waals surface area (Å²) in [5, 5.41) is 3.41. The highest BCUT2D eigenvalue weighted by molar-refractivity contribution is 7.99. The molecule has 0 saturated heterocycles. The first-order chi connectivity index (χ1) is 10.3. The van der Waals surface area contributed by atoms with E-state index in [4.69, 9.17) is 9.47 Å². The predicted molar refractivity (Wildman–Crippen MR) is 84.8 cm³/mol. The third-order valence-corrected chi connectivity index (χ3v) is 3.45. The molecule has 1 aromatic heterocycles. The Morgan fingerprint density at radius 2 is 2.09 bits per heavy atom. The molecule has 0 spiro atoms. The van der Waals surface area contributed by atoms with Crippen LogP contribution in [0.1, 0.15) is 27.2 Å². The molecule has 22 heavy (non-hydrogen) atoms. The van der Waals surface area contributed by atoms with Crippen molar-refractivity contribution in [3.63, 3.8) is 0 Å². The summed E-state index contributed by atoms with van der Waals surface area (Å²) >= 11 is 1.51. The Balaban J connectivity index is 2.50. The van der Waals surface area contributed by atoms with Crippen LogP contribution in [0, 0.1) is 0 Å². The molecular weight excluding hydrogens is 304 g/mol. The average molecular weight is 326 g/mol. The van der Waals surface area contributed by atoms with Crippen molar-refractivity contribution in [2.24, 2.45) is 0 Å². The molecule has 1 heterocycles. The van der Waals surface area contributed by atoms with Gasteiger partial charge in [-0.25, -0.2) is 14.6 Å². The zero-order chi connectivity index (χ0) is 16.6. The SMILES string of the molecule is COC(=O)[C@H](CCSc1ccccn1)NC(=O)OC(C)(C)C. The third kappa shape index (κ3) is 7.31. The maximum absolute atomic E-state index is 11.8. The Morgan fingerprint density at radius 3 is 2.64 bits per heavy atom. The van der Waals surface area contributed by atoms with Crippen LogP contribution in [0.15, 0.2) is 29.4 Å². The van der Waals surface area contributed by atoms with Gasteiger partial charge in [0.1, 0.15) is 11.6 Å². The van der Waals surface area contributed by atoms with Crippen LogP contribution in [0.25, 0.3) is 0 Å². The Bertz CT molecular complexity index is 488. The highest BCUT2D eigenvalue weighted by Crippen LogP contribution is 2.16. The predicted octanol–water partition coefficient (Wildman–Crippen LogP) is 2.63. The highest BCUT2D eigenvalue weighted by Gasteiger charge is 2.24. The van der Waals surface area contributed by atoms with E-state index in [0.29, 0.717) is 12.2 Å². The number of hydrogen-bond donors (Lipinski definition) is 1. The summed E-state index contributed by atoms with van der Waals surface area (Å²) in [4.78, 5) is 27.7. The molecule has 1 rings (SSSR count). The second-order valence-corrected chi connectivity index (χ2v) is 6.64. The van der Waals surface area contributed by atoms with E-state index in [1.54, 1.807) is 27.0 Å². The first-order valence-electron chi connectivity index (χ1n) is 6.93. The highest BCUT2D eigenvalue weighted by atomic mass is 32.2. The monoisotopic (exact) mass is 326 g/mol. The molecule has 7 heteroatoms.